The minimum atomic E-state index is -1.37. The molecule has 0 aromatic heterocycles. The maximum atomic E-state index is 13.9. The largest absolute Gasteiger partial charge is 0.309 e. The van der Waals surface area contributed by atoms with Crippen LogP contribution in [0.1, 0.15) is 17.2 Å². The van der Waals surface area contributed by atoms with E-state index in [4.69, 9.17) is 0 Å². The Morgan fingerprint density at radius 2 is 1.33 bits per heavy atom. The molecular formula is C14H9BrF5N. The van der Waals surface area contributed by atoms with Gasteiger partial charge in [-0.15, -0.1) is 0 Å². The molecule has 0 radical (unpaired) electrons. The van der Waals surface area contributed by atoms with E-state index in [2.05, 4.69) is 21.2 Å². The molecule has 1 N–H and O–H groups in total. The van der Waals surface area contributed by atoms with Gasteiger partial charge in [-0.25, -0.2) is 22.0 Å². The second-order valence-electron chi connectivity index (χ2n) is 4.29. The summed E-state index contributed by atoms with van der Waals surface area (Å²) in [4.78, 5) is 0. The highest BCUT2D eigenvalue weighted by molar-refractivity contribution is 9.10. The third kappa shape index (κ3) is 3.08. The highest BCUT2D eigenvalue weighted by atomic mass is 79.9. The van der Waals surface area contributed by atoms with Gasteiger partial charge < -0.3 is 5.32 Å². The molecule has 1 unspecified atom stereocenters. The molecule has 0 spiro atoms. The zero-order valence-corrected chi connectivity index (χ0v) is 12.2. The summed E-state index contributed by atoms with van der Waals surface area (Å²) in [6.45, 7) is 0. The lowest BCUT2D eigenvalue weighted by Crippen LogP contribution is -2.22. The minimum absolute atomic E-state index is 0.168. The van der Waals surface area contributed by atoms with Crippen LogP contribution in [0.4, 0.5) is 22.0 Å². The minimum Gasteiger partial charge on any atom is -0.309 e. The first-order chi connectivity index (χ1) is 9.85. The summed E-state index contributed by atoms with van der Waals surface area (Å²) in [6, 6.07) is 1.62. The van der Waals surface area contributed by atoms with E-state index in [0.717, 1.165) is 12.1 Å². The second-order valence-corrected chi connectivity index (χ2v) is 5.21. The Morgan fingerprint density at radius 1 is 0.810 bits per heavy atom. The molecule has 0 amide bonds. The van der Waals surface area contributed by atoms with Crippen LogP contribution in [0, 0.1) is 29.1 Å². The third-order valence-electron chi connectivity index (χ3n) is 2.97. The van der Waals surface area contributed by atoms with Gasteiger partial charge in [0.25, 0.3) is 0 Å². The zero-order chi connectivity index (χ0) is 15.7. The van der Waals surface area contributed by atoms with Crippen LogP contribution in [0.5, 0.6) is 0 Å². The molecule has 0 bridgehead atoms. The van der Waals surface area contributed by atoms with E-state index in [1.54, 1.807) is 0 Å². The average molecular weight is 366 g/mol. The van der Waals surface area contributed by atoms with Gasteiger partial charge in [-0.05, 0) is 25.2 Å². The number of rotatable bonds is 3. The monoisotopic (exact) mass is 365 g/mol. The molecule has 1 atom stereocenters. The zero-order valence-electron chi connectivity index (χ0n) is 10.7. The highest BCUT2D eigenvalue weighted by Crippen LogP contribution is 2.31. The number of halogens is 6. The van der Waals surface area contributed by atoms with E-state index >= 15 is 0 Å². The molecule has 2 aromatic carbocycles. The van der Waals surface area contributed by atoms with Crippen molar-refractivity contribution in [3.8, 4) is 0 Å². The van der Waals surface area contributed by atoms with Crippen molar-refractivity contribution in [2.75, 3.05) is 7.05 Å². The molecule has 0 fully saturated rings. The Labute approximate surface area is 125 Å². The summed E-state index contributed by atoms with van der Waals surface area (Å²) in [5.41, 5.74) is -0.873. The summed E-state index contributed by atoms with van der Waals surface area (Å²) < 4.78 is 68.1. The molecular weight excluding hydrogens is 357 g/mol. The first-order valence-corrected chi connectivity index (χ1v) is 6.60. The molecule has 21 heavy (non-hydrogen) atoms. The topological polar surface area (TPSA) is 12.0 Å². The fraction of sp³-hybridized carbons (Fsp3) is 0.143. The Morgan fingerprint density at radius 3 is 1.86 bits per heavy atom. The molecule has 7 heteroatoms. The lowest BCUT2D eigenvalue weighted by molar-refractivity contribution is 0.474. The van der Waals surface area contributed by atoms with Crippen molar-refractivity contribution >= 4 is 15.9 Å². The fourth-order valence-electron chi connectivity index (χ4n) is 2.04. The van der Waals surface area contributed by atoms with Crippen molar-refractivity contribution in [1.29, 1.82) is 0 Å². The Hall–Kier alpha value is -1.47. The van der Waals surface area contributed by atoms with E-state index in [9.17, 15) is 22.0 Å². The SMILES string of the molecule is CNC(c1cc(F)c(F)cc1F)c1c(F)cc(Br)cc1F. The van der Waals surface area contributed by atoms with Gasteiger partial charge in [0.05, 0.1) is 6.04 Å². The van der Waals surface area contributed by atoms with Crippen LogP contribution in [0.2, 0.25) is 0 Å². The van der Waals surface area contributed by atoms with E-state index in [1.807, 2.05) is 0 Å². The standard InChI is InChI=1S/C14H9BrF5N/c1-21-14(7-4-9(17)10(18)5-8(7)16)13-11(19)2-6(15)3-12(13)20/h2-5,14,21H,1H3. The summed E-state index contributed by atoms with van der Waals surface area (Å²) in [7, 11) is 1.33. The molecule has 0 aliphatic rings. The van der Waals surface area contributed by atoms with Crippen molar-refractivity contribution in [2.45, 2.75) is 6.04 Å². The third-order valence-corrected chi connectivity index (χ3v) is 3.43. The maximum absolute atomic E-state index is 13.9. The van der Waals surface area contributed by atoms with Crippen LogP contribution in [-0.4, -0.2) is 7.05 Å². The van der Waals surface area contributed by atoms with Crippen molar-refractivity contribution in [2.24, 2.45) is 0 Å². The predicted molar refractivity (Wildman–Crippen MR) is 71.3 cm³/mol. The molecule has 2 rings (SSSR count). The molecule has 112 valence electrons. The van der Waals surface area contributed by atoms with Gasteiger partial charge >= 0.3 is 0 Å². The van der Waals surface area contributed by atoms with Crippen molar-refractivity contribution < 1.29 is 22.0 Å². The lowest BCUT2D eigenvalue weighted by Gasteiger charge is -2.19. The average Bonchev–Trinajstić information content (AvgIpc) is 2.38. The fourth-order valence-corrected chi connectivity index (χ4v) is 2.45. The molecule has 0 saturated heterocycles. The Bertz CT molecular complexity index is 666. The molecule has 0 aliphatic carbocycles. The van der Waals surface area contributed by atoms with Gasteiger partial charge in [-0.2, -0.15) is 0 Å². The first-order valence-electron chi connectivity index (χ1n) is 5.81. The van der Waals surface area contributed by atoms with Crippen LogP contribution >= 0.6 is 15.9 Å². The van der Waals surface area contributed by atoms with Gasteiger partial charge in [-0.3, -0.25) is 0 Å². The van der Waals surface area contributed by atoms with Crippen molar-refractivity contribution in [1.82, 2.24) is 5.32 Å². The number of benzene rings is 2. The molecule has 1 nitrogen and oxygen atoms in total. The number of nitrogens with one attached hydrogen (secondary N) is 1. The van der Waals surface area contributed by atoms with Crippen LogP contribution in [0.15, 0.2) is 28.7 Å². The van der Waals surface area contributed by atoms with Gasteiger partial charge in [0.1, 0.15) is 17.5 Å². The van der Waals surface area contributed by atoms with E-state index < -0.39 is 46.3 Å². The number of hydrogen-bond acceptors (Lipinski definition) is 1. The second kappa shape index (κ2) is 6.11. The van der Waals surface area contributed by atoms with E-state index in [-0.39, 0.29) is 4.47 Å². The first kappa shape index (κ1) is 15.9. The molecule has 0 heterocycles. The summed E-state index contributed by atoms with van der Waals surface area (Å²) in [5, 5.41) is 2.50. The van der Waals surface area contributed by atoms with Crippen LogP contribution < -0.4 is 5.32 Å². The van der Waals surface area contributed by atoms with Crippen LogP contribution in [0.25, 0.3) is 0 Å². The van der Waals surface area contributed by atoms with Gasteiger partial charge in [0, 0.05) is 21.7 Å². The van der Waals surface area contributed by atoms with Crippen LogP contribution in [0.3, 0.4) is 0 Å². The van der Waals surface area contributed by atoms with E-state index in [0.29, 0.717) is 12.1 Å². The van der Waals surface area contributed by atoms with Crippen molar-refractivity contribution in [3.63, 3.8) is 0 Å². The smallest absolute Gasteiger partial charge is 0.161 e. The highest BCUT2D eigenvalue weighted by Gasteiger charge is 2.25. The predicted octanol–water partition coefficient (Wildman–Crippen LogP) is 4.45. The normalized spacial score (nSPS) is 12.5. The maximum Gasteiger partial charge on any atom is 0.161 e. The van der Waals surface area contributed by atoms with Gasteiger partial charge in [-0.1, -0.05) is 15.9 Å². The Kier molecular flexibility index (Phi) is 4.63. The van der Waals surface area contributed by atoms with Crippen LogP contribution in [-0.2, 0) is 0 Å². The quantitative estimate of drug-likeness (QED) is 0.625. The Balaban J connectivity index is 2.63. The van der Waals surface area contributed by atoms with Gasteiger partial charge in [0.2, 0.25) is 0 Å². The van der Waals surface area contributed by atoms with Gasteiger partial charge in [0.15, 0.2) is 11.6 Å². The summed E-state index contributed by atoms with van der Waals surface area (Å²) in [5.74, 6) is -5.65. The molecule has 0 aliphatic heterocycles. The number of hydrogen-bond donors (Lipinski definition) is 1. The molecule has 2 aromatic rings. The summed E-state index contributed by atoms with van der Waals surface area (Å²) in [6.07, 6.45) is 0. The molecule has 0 saturated carbocycles. The van der Waals surface area contributed by atoms with E-state index in [1.165, 1.54) is 7.05 Å². The summed E-state index contributed by atoms with van der Waals surface area (Å²) >= 11 is 2.93. The van der Waals surface area contributed by atoms with Crippen molar-refractivity contribution in [3.05, 3.63) is 69.0 Å². The lowest BCUT2D eigenvalue weighted by atomic mass is 9.97.